The van der Waals surface area contributed by atoms with E-state index in [0.717, 1.165) is 43.9 Å². The second kappa shape index (κ2) is 9.86. The van der Waals surface area contributed by atoms with Crippen molar-refractivity contribution in [3.05, 3.63) is 42.5 Å². The van der Waals surface area contributed by atoms with Gasteiger partial charge in [0.2, 0.25) is 0 Å². The van der Waals surface area contributed by atoms with Crippen molar-refractivity contribution in [1.82, 2.24) is 9.80 Å². The van der Waals surface area contributed by atoms with Crippen molar-refractivity contribution in [2.75, 3.05) is 52.5 Å². The summed E-state index contributed by atoms with van der Waals surface area (Å²) in [6.07, 6.45) is 5.55. The van der Waals surface area contributed by atoms with E-state index in [4.69, 9.17) is 9.47 Å². The molecular formula is C21H30N2O3. The van der Waals surface area contributed by atoms with E-state index < -0.39 is 0 Å². The minimum atomic E-state index is 0.156. The Bertz CT molecular complexity index is 581. The van der Waals surface area contributed by atoms with E-state index in [0.29, 0.717) is 32.4 Å². The second-order valence-corrected chi connectivity index (χ2v) is 7.02. The van der Waals surface area contributed by atoms with Gasteiger partial charge in [0.05, 0.1) is 26.4 Å². The van der Waals surface area contributed by atoms with Crippen LogP contribution in [0.4, 0.5) is 0 Å². The largest absolute Gasteiger partial charge is 0.494 e. The number of carbonyl (C=O) groups excluding carboxylic acids is 1. The Morgan fingerprint density at radius 1 is 1.23 bits per heavy atom. The summed E-state index contributed by atoms with van der Waals surface area (Å²) < 4.78 is 11.1. The van der Waals surface area contributed by atoms with Crippen molar-refractivity contribution in [2.45, 2.75) is 25.3 Å². The highest BCUT2D eigenvalue weighted by Crippen LogP contribution is 2.18. The smallest absolute Gasteiger partial charge is 0.176 e. The van der Waals surface area contributed by atoms with Crippen LogP contribution in [0, 0.1) is 0 Å². The first kappa shape index (κ1) is 19.1. The van der Waals surface area contributed by atoms with Gasteiger partial charge in [0.1, 0.15) is 5.75 Å². The molecule has 0 saturated carbocycles. The monoisotopic (exact) mass is 358 g/mol. The zero-order valence-corrected chi connectivity index (χ0v) is 15.6. The van der Waals surface area contributed by atoms with Gasteiger partial charge in [-0.3, -0.25) is 14.6 Å². The van der Waals surface area contributed by atoms with E-state index in [1.165, 1.54) is 12.8 Å². The third kappa shape index (κ3) is 5.40. The SMILES string of the molecule is C=CC1CCCN1CCCOc1ccc(C(=O)CN2CCOCC2)cc1. The van der Waals surface area contributed by atoms with Crippen molar-refractivity contribution in [1.29, 1.82) is 0 Å². The summed E-state index contributed by atoms with van der Waals surface area (Å²) in [6.45, 7) is 10.4. The summed E-state index contributed by atoms with van der Waals surface area (Å²) >= 11 is 0. The normalized spacial score (nSPS) is 21.6. The molecular weight excluding hydrogens is 328 g/mol. The minimum Gasteiger partial charge on any atom is -0.494 e. The zero-order valence-electron chi connectivity index (χ0n) is 15.6. The van der Waals surface area contributed by atoms with Crippen LogP contribution in [0.5, 0.6) is 5.75 Å². The Labute approximate surface area is 156 Å². The van der Waals surface area contributed by atoms with Crippen LogP contribution in [0.15, 0.2) is 36.9 Å². The first-order valence-corrected chi connectivity index (χ1v) is 9.69. The van der Waals surface area contributed by atoms with Crippen LogP contribution < -0.4 is 4.74 Å². The molecule has 142 valence electrons. The molecule has 2 saturated heterocycles. The van der Waals surface area contributed by atoms with Gasteiger partial charge in [-0.15, -0.1) is 6.58 Å². The van der Waals surface area contributed by atoms with Crippen molar-refractivity contribution in [3.8, 4) is 5.75 Å². The molecule has 0 spiro atoms. The molecule has 0 amide bonds. The lowest BCUT2D eigenvalue weighted by atomic mass is 10.1. The quantitative estimate of drug-likeness (QED) is 0.386. The number of ketones is 1. The molecule has 1 unspecified atom stereocenters. The maximum Gasteiger partial charge on any atom is 0.176 e. The van der Waals surface area contributed by atoms with Crippen LogP contribution in [0.25, 0.3) is 0 Å². The summed E-state index contributed by atoms with van der Waals surface area (Å²) in [7, 11) is 0. The molecule has 2 aliphatic heterocycles. The molecule has 0 aliphatic carbocycles. The Hall–Kier alpha value is -1.69. The molecule has 3 rings (SSSR count). The predicted octanol–water partition coefficient (Wildman–Crippen LogP) is 2.62. The number of benzene rings is 1. The molecule has 1 aromatic rings. The number of carbonyl (C=O) groups is 1. The average molecular weight is 358 g/mol. The Morgan fingerprint density at radius 3 is 2.73 bits per heavy atom. The van der Waals surface area contributed by atoms with Crippen molar-refractivity contribution >= 4 is 5.78 Å². The van der Waals surface area contributed by atoms with Crippen LogP contribution in [0.1, 0.15) is 29.6 Å². The van der Waals surface area contributed by atoms with Gasteiger partial charge in [0.15, 0.2) is 5.78 Å². The highest BCUT2D eigenvalue weighted by Gasteiger charge is 2.20. The van der Waals surface area contributed by atoms with Crippen molar-refractivity contribution in [3.63, 3.8) is 0 Å². The number of ether oxygens (including phenoxy) is 2. The van der Waals surface area contributed by atoms with Gasteiger partial charge in [-0.1, -0.05) is 6.08 Å². The molecule has 2 fully saturated rings. The van der Waals surface area contributed by atoms with E-state index in [-0.39, 0.29) is 5.78 Å². The maximum absolute atomic E-state index is 12.4. The molecule has 0 N–H and O–H groups in total. The van der Waals surface area contributed by atoms with Gasteiger partial charge in [0, 0.05) is 31.2 Å². The van der Waals surface area contributed by atoms with E-state index in [1.807, 2.05) is 24.3 Å². The summed E-state index contributed by atoms with van der Waals surface area (Å²) in [5, 5.41) is 0. The van der Waals surface area contributed by atoms with Crippen LogP contribution in [-0.2, 0) is 4.74 Å². The average Bonchev–Trinajstić information content (AvgIpc) is 3.14. The molecule has 2 heterocycles. The number of hydrogen-bond acceptors (Lipinski definition) is 5. The lowest BCUT2D eigenvalue weighted by Crippen LogP contribution is -2.39. The van der Waals surface area contributed by atoms with Crippen LogP contribution in [0.3, 0.4) is 0 Å². The molecule has 5 nitrogen and oxygen atoms in total. The summed E-state index contributed by atoms with van der Waals surface area (Å²) in [5.74, 6) is 0.984. The van der Waals surface area contributed by atoms with Gasteiger partial charge in [-0.25, -0.2) is 0 Å². The predicted molar refractivity (Wildman–Crippen MR) is 103 cm³/mol. The molecule has 0 bridgehead atoms. The molecule has 0 aromatic heterocycles. The number of Topliss-reactive ketones (excluding diaryl/α,β-unsaturated/α-hetero) is 1. The standard InChI is InChI=1S/C21H30N2O3/c1-2-19-5-3-10-23(19)11-4-14-26-20-8-6-18(7-9-20)21(24)17-22-12-15-25-16-13-22/h2,6-9,19H,1,3-5,10-17H2. The molecule has 26 heavy (non-hydrogen) atoms. The molecule has 5 heteroatoms. The second-order valence-electron chi connectivity index (χ2n) is 7.02. The number of rotatable bonds is 9. The topological polar surface area (TPSA) is 42.0 Å². The van der Waals surface area contributed by atoms with Gasteiger partial charge in [-0.05, 0) is 50.1 Å². The number of likely N-dealkylation sites (tertiary alicyclic amines) is 1. The van der Waals surface area contributed by atoms with Gasteiger partial charge >= 0.3 is 0 Å². The van der Waals surface area contributed by atoms with Crippen LogP contribution in [-0.4, -0.2) is 74.2 Å². The summed E-state index contributed by atoms with van der Waals surface area (Å²) in [5.41, 5.74) is 0.745. The third-order valence-electron chi connectivity index (χ3n) is 5.19. The fraction of sp³-hybridized carbons (Fsp3) is 0.571. The Kier molecular flexibility index (Phi) is 7.23. The highest BCUT2D eigenvalue weighted by atomic mass is 16.5. The van der Waals surface area contributed by atoms with Crippen LogP contribution >= 0.6 is 0 Å². The fourth-order valence-corrected chi connectivity index (χ4v) is 3.64. The van der Waals surface area contributed by atoms with Crippen molar-refractivity contribution in [2.24, 2.45) is 0 Å². The lowest BCUT2D eigenvalue weighted by Gasteiger charge is -2.25. The van der Waals surface area contributed by atoms with E-state index in [9.17, 15) is 4.79 Å². The molecule has 0 radical (unpaired) electrons. The first-order valence-electron chi connectivity index (χ1n) is 9.69. The summed E-state index contributed by atoms with van der Waals surface area (Å²) in [4.78, 5) is 17.0. The number of morpholine rings is 1. The number of hydrogen-bond donors (Lipinski definition) is 0. The minimum absolute atomic E-state index is 0.156. The highest BCUT2D eigenvalue weighted by molar-refractivity contribution is 5.97. The summed E-state index contributed by atoms with van der Waals surface area (Å²) in [6, 6.07) is 8.06. The zero-order chi connectivity index (χ0) is 18.2. The maximum atomic E-state index is 12.4. The van der Waals surface area contributed by atoms with E-state index in [2.05, 4.69) is 22.5 Å². The lowest BCUT2D eigenvalue weighted by molar-refractivity contribution is 0.0371. The fourth-order valence-electron chi connectivity index (χ4n) is 3.64. The van der Waals surface area contributed by atoms with E-state index >= 15 is 0 Å². The Morgan fingerprint density at radius 2 is 2.00 bits per heavy atom. The molecule has 2 aliphatic rings. The van der Waals surface area contributed by atoms with Crippen molar-refractivity contribution < 1.29 is 14.3 Å². The Balaban J connectivity index is 1.38. The molecule has 1 aromatic carbocycles. The van der Waals surface area contributed by atoms with Gasteiger partial charge in [0.25, 0.3) is 0 Å². The first-order chi connectivity index (χ1) is 12.8. The molecule has 1 atom stereocenters. The van der Waals surface area contributed by atoms with Gasteiger partial charge < -0.3 is 9.47 Å². The third-order valence-corrected chi connectivity index (χ3v) is 5.19. The number of nitrogens with zero attached hydrogens (tertiary/aromatic N) is 2. The van der Waals surface area contributed by atoms with Crippen LogP contribution in [0.2, 0.25) is 0 Å². The van der Waals surface area contributed by atoms with E-state index in [1.54, 1.807) is 0 Å². The van der Waals surface area contributed by atoms with Gasteiger partial charge in [-0.2, -0.15) is 0 Å².